The Morgan fingerprint density at radius 3 is 2.44 bits per heavy atom. The number of imidazole rings is 1. The van der Waals surface area contributed by atoms with E-state index >= 15 is 0 Å². The molecule has 45 heavy (non-hydrogen) atoms. The number of anilines is 1. The van der Waals surface area contributed by atoms with Crippen molar-refractivity contribution in [2.45, 2.75) is 64.1 Å². The van der Waals surface area contributed by atoms with Crippen molar-refractivity contribution in [1.82, 2.24) is 28.9 Å². The SMILES string of the molecule is CC(C)(C=C(C#N)C(=O)N1CCC[C@H]1Cn1c(=O)n(-c2ccc(Oc3ccccc3)cc2)c2c(N)ncnc21)N1CCCCC1. The molecule has 6 rings (SSSR count). The molecule has 11 nitrogen and oxygen atoms in total. The number of piperidine rings is 1. The molecule has 4 aromatic rings. The molecule has 232 valence electrons. The molecule has 1 atom stereocenters. The Bertz CT molecular complexity index is 1810. The van der Waals surface area contributed by atoms with Crippen LogP contribution < -0.4 is 16.2 Å². The quantitative estimate of drug-likeness (QED) is 0.226. The molecule has 0 radical (unpaired) electrons. The summed E-state index contributed by atoms with van der Waals surface area (Å²) >= 11 is 0. The lowest BCUT2D eigenvalue weighted by Gasteiger charge is -2.39. The summed E-state index contributed by atoms with van der Waals surface area (Å²) in [5.74, 6) is 1.20. The van der Waals surface area contributed by atoms with Crippen LogP contribution in [0, 0.1) is 11.3 Å². The number of nitrogen functional groups attached to an aromatic ring is 1. The topological polar surface area (TPSA) is 135 Å². The summed E-state index contributed by atoms with van der Waals surface area (Å²) in [6, 6.07) is 18.5. The van der Waals surface area contributed by atoms with E-state index in [-0.39, 0.29) is 35.6 Å². The van der Waals surface area contributed by atoms with Gasteiger partial charge in [-0.2, -0.15) is 5.26 Å². The van der Waals surface area contributed by atoms with Crippen LogP contribution in [0.1, 0.15) is 46.0 Å². The highest BCUT2D eigenvalue weighted by Gasteiger charge is 2.34. The average molecular weight is 607 g/mol. The number of benzene rings is 2. The van der Waals surface area contributed by atoms with Gasteiger partial charge < -0.3 is 15.4 Å². The Hall–Kier alpha value is -4.95. The fourth-order valence-corrected chi connectivity index (χ4v) is 6.51. The lowest BCUT2D eigenvalue weighted by atomic mass is 9.95. The summed E-state index contributed by atoms with van der Waals surface area (Å²) in [6.07, 6.45) is 8.06. The van der Waals surface area contributed by atoms with Gasteiger partial charge >= 0.3 is 5.69 Å². The second-order valence-electron chi connectivity index (χ2n) is 12.2. The Kier molecular flexibility index (Phi) is 8.41. The molecule has 2 aliphatic heterocycles. The van der Waals surface area contributed by atoms with Crippen molar-refractivity contribution in [3.8, 4) is 23.3 Å². The third-order valence-electron chi connectivity index (χ3n) is 8.86. The molecule has 2 aliphatic rings. The number of fused-ring (bicyclic) bond motifs is 1. The highest BCUT2D eigenvalue weighted by atomic mass is 16.5. The van der Waals surface area contributed by atoms with Gasteiger partial charge in [-0.25, -0.2) is 14.8 Å². The van der Waals surface area contributed by atoms with Crippen molar-refractivity contribution in [2.75, 3.05) is 25.4 Å². The largest absolute Gasteiger partial charge is 0.457 e. The fraction of sp³-hybridized carbons (Fsp3) is 0.382. The Morgan fingerprint density at radius 1 is 1.02 bits per heavy atom. The van der Waals surface area contributed by atoms with Crippen LogP contribution in [0.2, 0.25) is 0 Å². The summed E-state index contributed by atoms with van der Waals surface area (Å²) < 4.78 is 8.98. The Morgan fingerprint density at radius 2 is 1.73 bits per heavy atom. The van der Waals surface area contributed by atoms with Crippen molar-refractivity contribution in [1.29, 1.82) is 5.26 Å². The van der Waals surface area contributed by atoms with Gasteiger partial charge in [-0.15, -0.1) is 0 Å². The Labute approximate surface area is 262 Å². The molecule has 0 bridgehead atoms. The number of carbonyl (C=O) groups is 1. The van der Waals surface area contributed by atoms with Gasteiger partial charge in [0.1, 0.15) is 35.0 Å². The number of nitrogens with zero attached hydrogens (tertiary/aromatic N) is 7. The van der Waals surface area contributed by atoms with Gasteiger partial charge in [0.15, 0.2) is 11.5 Å². The summed E-state index contributed by atoms with van der Waals surface area (Å²) in [6.45, 7) is 6.74. The van der Waals surface area contributed by atoms with E-state index in [1.165, 1.54) is 17.3 Å². The van der Waals surface area contributed by atoms with Crippen LogP contribution in [-0.4, -0.2) is 66.0 Å². The van der Waals surface area contributed by atoms with E-state index in [1.807, 2.05) is 36.4 Å². The fourth-order valence-electron chi connectivity index (χ4n) is 6.51. The Balaban J connectivity index is 1.29. The van der Waals surface area contributed by atoms with Crippen LogP contribution in [0.5, 0.6) is 11.5 Å². The maximum atomic E-state index is 14.0. The number of hydrogen-bond donors (Lipinski definition) is 1. The van der Waals surface area contributed by atoms with Crippen LogP contribution in [0.15, 0.2) is 77.4 Å². The third-order valence-corrected chi connectivity index (χ3v) is 8.86. The number of rotatable bonds is 8. The zero-order chi connectivity index (χ0) is 31.6. The molecular weight excluding hydrogens is 568 g/mol. The first-order chi connectivity index (χ1) is 21.8. The number of para-hydroxylation sites is 1. The molecule has 4 heterocycles. The number of nitriles is 1. The predicted octanol–water partition coefficient (Wildman–Crippen LogP) is 4.66. The number of carbonyl (C=O) groups excluding carboxylic acids is 1. The third kappa shape index (κ3) is 6.06. The van der Waals surface area contributed by atoms with Crippen LogP contribution in [0.4, 0.5) is 5.82 Å². The smallest absolute Gasteiger partial charge is 0.335 e. The highest BCUT2D eigenvalue weighted by molar-refractivity contribution is 5.97. The van der Waals surface area contributed by atoms with Crippen molar-refractivity contribution in [2.24, 2.45) is 0 Å². The first-order valence-electron chi connectivity index (χ1n) is 15.5. The minimum absolute atomic E-state index is 0.136. The molecule has 2 saturated heterocycles. The number of likely N-dealkylation sites (tertiary alicyclic amines) is 2. The number of aromatic nitrogens is 4. The number of amides is 1. The molecule has 0 saturated carbocycles. The number of nitrogens with two attached hydrogens (primary N) is 1. The monoisotopic (exact) mass is 606 g/mol. The van der Waals surface area contributed by atoms with Gasteiger partial charge in [0, 0.05) is 18.6 Å². The summed E-state index contributed by atoms with van der Waals surface area (Å²) in [5.41, 5.74) is 7.06. The molecule has 0 unspecified atom stereocenters. The molecule has 0 spiro atoms. The van der Waals surface area contributed by atoms with Crippen LogP contribution in [0.3, 0.4) is 0 Å². The van der Waals surface area contributed by atoms with E-state index in [9.17, 15) is 14.9 Å². The lowest BCUT2D eigenvalue weighted by Crippen LogP contribution is -2.46. The lowest BCUT2D eigenvalue weighted by molar-refractivity contribution is -0.127. The maximum absolute atomic E-state index is 14.0. The molecule has 2 N–H and O–H groups in total. The van der Waals surface area contributed by atoms with E-state index in [0.717, 1.165) is 32.4 Å². The van der Waals surface area contributed by atoms with Gasteiger partial charge in [-0.3, -0.25) is 18.8 Å². The van der Waals surface area contributed by atoms with Gasteiger partial charge in [-0.1, -0.05) is 24.6 Å². The summed E-state index contributed by atoms with van der Waals surface area (Å²) in [5, 5.41) is 10.1. The van der Waals surface area contributed by atoms with Crippen LogP contribution in [0.25, 0.3) is 16.9 Å². The second-order valence-corrected chi connectivity index (χ2v) is 12.2. The van der Waals surface area contributed by atoms with E-state index in [1.54, 1.807) is 33.7 Å². The molecule has 2 fully saturated rings. The summed E-state index contributed by atoms with van der Waals surface area (Å²) in [4.78, 5) is 40.5. The predicted molar refractivity (Wildman–Crippen MR) is 172 cm³/mol. The zero-order valence-electron chi connectivity index (χ0n) is 25.7. The van der Waals surface area contributed by atoms with Crippen molar-refractivity contribution in [3.05, 3.63) is 83.1 Å². The van der Waals surface area contributed by atoms with Gasteiger partial charge in [-0.05, 0) is 95.1 Å². The first-order valence-corrected chi connectivity index (χ1v) is 15.5. The normalized spacial score (nSPS) is 17.8. The summed E-state index contributed by atoms with van der Waals surface area (Å²) in [7, 11) is 0. The van der Waals surface area contributed by atoms with E-state index in [0.29, 0.717) is 41.3 Å². The highest BCUT2D eigenvalue weighted by Crippen LogP contribution is 2.28. The van der Waals surface area contributed by atoms with Crippen molar-refractivity contribution < 1.29 is 9.53 Å². The van der Waals surface area contributed by atoms with E-state index in [2.05, 4.69) is 34.8 Å². The first kappa shape index (κ1) is 30.1. The minimum Gasteiger partial charge on any atom is -0.457 e. The molecule has 2 aromatic carbocycles. The molecule has 1 amide bonds. The number of hydrogen-bond acceptors (Lipinski definition) is 8. The standard InChI is InChI=1S/C34H38N8O3/c1-34(2,39-17-7-4-8-18-39)20-24(21-35)32(43)40-19-9-10-26(40)22-41-31-29(30(36)37-23-38-31)42(33(41)44)25-13-15-28(16-14-25)45-27-11-5-3-6-12-27/h3,5-6,11-16,20,23,26H,4,7-10,17-19,22H2,1-2H3,(H2,36,37,38)/t26-/m0/s1. The molecule has 2 aromatic heterocycles. The average Bonchev–Trinajstić information content (AvgIpc) is 3.64. The second kappa shape index (κ2) is 12.6. The van der Waals surface area contributed by atoms with Crippen molar-refractivity contribution in [3.63, 3.8) is 0 Å². The van der Waals surface area contributed by atoms with E-state index in [4.69, 9.17) is 10.5 Å². The van der Waals surface area contributed by atoms with Crippen LogP contribution in [-0.2, 0) is 11.3 Å². The molecule has 11 heteroatoms. The van der Waals surface area contributed by atoms with Crippen LogP contribution >= 0.6 is 0 Å². The van der Waals surface area contributed by atoms with Gasteiger partial charge in [0.2, 0.25) is 0 Å². The van der Waals surface area contributed by atoms with Gasteiger partial charge in [0.25, 0.3) is 5.91 Å². The minimum atomic E-state index is -0.420. The van der Waals surface area contributed by atoms with Gasteiger partial charge in [0.05, 0.1) is 11.7 Å². The van der Waals surface area contributed by atoms with E-state index < -0.39 is 5.54 Å². The number of ether oxygens (including phenoxy) is 1. The zero-order valence-corrected chi connectivity index (χ0v) is 25.7. The molecular formula is C34H38N8O3. The van der Waals surface area contributed by atoms with Crippen molar-refractivity contribution >= 4 is 22.9 Å². The maximum Gasteiger partial charge on any atom is 0.335 e. The molecule has 0 aliphatic carbocycles.